The molecule has 0 fully saturated rings. The SMILES string of the molecule is Cl.NC(C(=O)NCC(c1ccc(Cl)cc1)n1cccn1)c1ccccc1. The van der Waals surface area contributed by atoms with Crippen LogP contribution in [0.3, 0.4) is 0 Å². The molecule has 2 aromatic carbocycles. The van der Waals surface area contributed by atoms with Gasteiger partial charge >= 0.3 is 0 Å². The molecule has 0 aliphatic rings. The van der Waals surface area contributed by atoms with Crippen molar-refractivity contribution in [1.29, 1.82) is 0 Å². The van der Waals surface area contributed by atoms with Crippen molar-refractivity contribution in [3.05, 3.63) is 89.2 Å². The normalized spacial score (nSPS) is 12.7. The van der Waals surface area contributed by atoms with Gasteiger partial charge in [-0.05, 0) is 29.3 Å². The molecule has 0 bridgehead atoms. The van der Waals surface area contributed by atoms with Crippen LogP contribution in [0, 0.1) is 0 Å². The van der Waals surface area contributed by atoms with Gasteiger partial charge in [0.1, 0.15) is 6.04 Å². The Labute approximate surface area is 163 Å². The van der Waals surface area contributed by atoms with Crippen molar-refractivity contribution in [1.82, 2.24) is 15.1 Å². The zero-order valence-electron chi connectivity index (χ0n) is 14.0. The number of benzene rings is 2. The zero-order valence-corrected chi connectivity index (χ0v) is 15.5. The van der Waals surface area contributed by atoms with Gasteiger partial charge in [0.05, 0.1) is 6.04 Å². The molecule has 1 heterocycles. The van der Waals surface area contributed by atoms with E-state index in [2.05, 4.69) is 10.4 Å². The Morgan fingerprint density at radius 2 is 1.77 bits per heavy atom. The average molecular weight is 391 g/mol. The van der Waals surface area contributed by atoms with Gasteiger partial charge in [0.2, 0.25) is 5.91 Å². The van der Waals surface area contributed by atoms with Gasteiger partial charge in [0.15, 0.2) is 0 Å². The summed E-state index contributed by atoms with van der Waals surface area (Å²) in [5.41, 5.74) is 7.83. The van der Waals surface area contributed by atoms with Crippen LogP contribution in [0.15, 0.2) is 73.1 Å². The van der Waals surface area contributed by atoms with E-state index in [1.165, 1.54) is 0 Å². The third-order valence-electron chi connectivity index (χ3n) is 4.01. The fraction of sp³-hybridized carbons (Fsp3) is 0.158. The van der Waals surface area contributed by atoms with E-state index in [1.807, 2.05) is 66.9 Å². The van der Waals surface area contributed by atoms with E-state index in [-0.39, 0.29) is 24.4 Å². The van der Waals surface area contributed by atoms with Gasteiger partial charge in [0, 0.05) is 24.0 Å². The minimum Gasteiger partial charge on any atom is -0.352 e. The van der Waals surface area contributed by atoms with Gasteiger partial charge in [0.25, 0.3) is 0 Å². The molecule has 0 aliphatic carbocycles. The molecule has 0 saturated heterocycles. The predicted molar refractivity (Wildman–Crippen MR) is 105 cm³/mol. The average Bonchev–Trinajstić information content (AvgIpc) is 3.17. The van der Waals surface area contributed by atoms with Gasteiger partial charge in [-0.1, -0.05) is 54.1 Å². The number of halogens is 2. The highest BCUT2D eigenvalue weighted by Crippen LogP contribution is 2.20. The third kappa shape index (κ3) is 4.85. The van der Waals surface area contributed by atoms with Crippen LogP contribution in [0.4, 0.5) is 0 Å². The van der Waals surface area contributed by atoms with Crippen molar-refractivity contribution in [2.45, 2.75) is 12.1 Å². The molecule has 2 atom stereocenters. The van der Waals surface area contributed by atoms with Crippen molar-refractivity contribution < 1.29 is 4.79 Å². The molecule has 0 aliphatic heterocycles. The van der Waals surface area contributed by atoms with Crippen LogP contribution in [-0.2, 0) is 4.79 Å². The number of carbonyl (C=O) groups is 1. The van der Waals surface area contributed by atoms with Crippen molar-refractivity contribution in [2.75, 3.05) is 6.54 Å². The summed E-state index contributed by atoms with van der Waals surface area (Å²) in [5, 5.41) is 7.89. The predicted octanol–water partition coefficient (Wildman–Crippen LogP) is 3.36. The Morgan fingerprint density at radius 1 is 1.08 bits per heavy atom. The topological polar surface area (TPSA) is 72.9 Å². The van der Waals surface area contributed by atoms with Gasteiger partial charge < -0.3 is 11.1 Å². The first-order chi connectivity index (χ1) is 12.1. The van der Waals surface area contributed by atoms with Crippen LogP contribution >= 0.6 is 24.0 Å². The summed E-state index contributed by atoms with van der Waals surface area (Å²) in [6.45, 7) is 0.378. The molecule has 7 heteroatoms. The monoisotopic (exact) mass is 390 g/mol. The summed E-state index contributed by atoms with van der Waals surface area (Å²) in [5.74, 6) is -0.225. The molecule has 3 rings (SSSR count). The molecule has 3 aromatic rings. The highest BCUT2D eigenvalue weighted by Gasteiger charge is 2.19. The van der Waals surface area contributed by atoms with E-state index in [1.54, 1.807) is 10.9 Å². The lowest BCUT2D eigenvalue weighted by atomic mass is 10.1. The van der Waals surface area contributed by atoms with E-state index in [0.717, 1.165) is 11.1 Å². The van der Waals surface area contributed by atoms with Crippen LogP contribution in [0.25, 0.3) is 0 Å². The fourth-order valence-corrected chi connectivity index (χ4v) is 2.76. The Morgan fingerprint density at radius 3 is 2.38 bits per heavy atom. The van der Waals surface area contributed by atoms with Gasteiger partial charge in [-0.3, -0.25) is 9.48 Å². The van der Waals surface area contributed by atoms with Crippen molar-refractivity contribution >= 4 is 29.9 Å². The number of hydrogen-bond donors (Lipinski definition) is 2. The second-order valence-corrected chi connectivity index (χ2v) is 6.12. The molecule has 136 valence electrons. The molecule has 2 unspecified atom stereocenters. The second kappa shape index (κ2) is 9.38. The molecular weight excluding hydrogens is 371 g/mol. The first kappa shape index (κ1) is 20.0. The number of nitrogens with zero attached hydrogens (tertiary/aromatic N) is 2. The number of carbonyl (C=O) groups excluding carboxylic acids is 1. The number of nitrogens with one attached hydrogen (secondary N) is 1. The molecule has 0 saturated carbocycles. The molecule has 0 spiro atoms. The van der Waals surface area contributed by atoms with Crippen LogP contribution in [0.2, 0.25) is 5.02 Å². The molecule has 1 aromatic heterocycles. The highest BCUT2D eigenvalue weighted by atomic mass is 35.5. The Balaban J connectivity index is 0.00000243. The van der Waals surface area contributed by atoms with E-state index in [4.69, 9.17) is 17.3 Å². The summed E-state index contributed by atoms with van der Waals surface area (Å²) < 4.78 is 1.80. The summed E-state index contributed by atoms with van der Waals surface area (Å²) in [7, 11) is 0. The van der Waals surface area contributed by atoms with Gasteiger partial charge in [-0.25, -0.2) is 0 Å². The van der Waals surface area contributed by atoms with Crippen molar-refractivity contribution in [3.63, 3.8) is 0 Å². The van der Waals surface area contributed by atoms with Crippen molar-refractivity contribution in [3.8, 4) is 0 Å². The minimum atomic E-state index is -0.704. The maximum absolute atomic E-state index is 12.4. The first-order valence-corrected chi connectivity index (χ1v) is 8.36. The maximum atomic E-state index is 12.4. The molecule has 3 N–H and O–H groups in total. The lowest BCUT2D eigenvalue weighted by Gasteiger charge is -2.20. The Bertz CT molecular complexity index is 807. The summed E-state index contributed by atoms with van der Waals surface area (Å²) in [4.78, 5) is 12.4. The molecule has 0 radical (unpaired) electrons. The maximum Gasteiger partial charge on any atom is 0.241 e. The lowest BCUT2D eigenvalue weighted by molar-refractivity contribution is -0.122. The highest BCUT2D eigenvalue weighted by molar-refractivity contribution is 6.30. The number of nitrogens with two attached hydrogens (primary N) is 1. The van der Waals surface area contributed by atoms with E-state index in [9.17, 15) is 4.79 Å². The summed E-state index contributed by atoms with van der Waals surface area (Å²) in [6.07, 6.45) is 3.57. The first-order valence-electron chi connectivity index (χ1n) is 7.98. The van der Waals surface area contributed by atoms with Gasteiger partial charge in [-0.15, -0.1) is 12.4 Å². The zero-order chi connectivity index (χ0) is 17.6. The quantitative estimate of drug-likeness (QED) is 0.677. The minimum absolute atomic E-state index is 0. The largest absolute Gasteiger partial charge is 0.352 e. The standard InChI is InChI=1S/C19H19ClN4O.ClH/c20-16-9-7-14(8-10-16)17(24-12-4-11-23-24)13-22-19(25)18(21)15-5-2-1-3-6-15;/h1-12,17-18H,13,21H2,(H,22,25);1H. The van der Waals surface area contributed by atoms with E-state index >= 15 is 0 Å². The fourth-order valence-electron chi connectivity index (χ4n) is 2.63. The van der Waals surface area contributed by atoms with Crippen molar-refractivity contribution in [2.24, 2.45) is 5.73 Å². The summed E-state index contributed by atoms with van der Waals surface area (Å²) >= 11 is 5.97. The second-order valence-electron chi connectivity index (χ2n) is 5.69. The van der Waals surface area contributed by atoms with Crippen LogP contribution < -0.4 is 11.1 Å². The van der Waals surface area contributed by atoms with Crippen LogP contribution in [0.1, 0.15) is 23.2 Å². The van der Waals surface area contributed by atoms with E-state index < -0.39 is 6.04 Å². The molecule has 1 amide bonds. The lowest BCUT2D eigenvalue weighted by Crippen LogP contribution is -2.37. The third-order valence-corrected chi connectivity index (χ3v) is 4.26. The molecular formula is C19H20Cl2N4O. The van der Waals surface area contributed by atoms with Gasteiger partial charge in [-0.2, -0.15) is 5.10 Å². The van der Waals surface area contributed by atoms with Crippen LogP contribution in [-0.4, -0.2) is 22.2 Å². The number of amides is 1. The number of aromatic nitrogens is 2. The summed E-state index contributed by atoms with van der Waals surface area (Å²) in [6, 6.07) is 17.8. The molecule has 26 heavy (non-hydrogen) atoms. The Kier molecular flexibility index (Phi) is 7.21. The molecule has 5 nitrogen and oxygen atoms in total. The van der Waals surface area contributed by atoms with Crippen LogP contribution in [0.5, 0.6) is 0 Å². The smallest absolute Gasteiger partial charge is 0.241 e. The van der Waals surface area contributed by atoms with E-state index in [0.29, 0.717) is 11.6 Å². The Hall–Kier alpha value is -2.34. The number of rotatable bonds is 6. The number of hydrogen-bond acceptors (Lipinski definition) is 3.